The van der Waals surface area contributed by atoms with Gasteiger partial charge in [0.2, 0.25) is 0 Å². The fourth-order valence-electron chi connectivity index (χ4n) is 4.05. The number of amidine groups is 1. The lowest BCUT2D eigenvalue weighted by Gasteiger charge is -2.52. The minimum atomic E-state index is -0.341. The van der Waals surface area contributed by atoms with Gasteiger partial charge in [-0.15, -0.1) is 0 Å². The molecule has 0 aliphatic carbocycles. The molecule has 1 aliphatic rings. The van der Waals surface area contributed by atoms with Crippen molar-refractivity contribution in [3.8, 4) is 0 Å². The van der Waals surface area contributed by atoms with Gasteiger partial charge in [0.1, 0.15) is 5.84 Å². The number of carbonyl (C=O) groups is 1. The molecule has 2 heterocycles. The Balaban J connectivity index is 2.58. The largest absolute Gasteiger partial charge is 0.361 e. The number of hydrogen-bond donors (Lipinski definition) is 0. The topological polar surface area (TPSA) is 64.9 Å². The maximum Gasteiger partial charge on any atom is 0.301 e. The van der Waals surface area contributed by atoms with E-state index in [0.717, 1.165) is 18.1 Å². The minimum Gasteiger partial charge on any atom is -0.361 e. The molecule has 1 unspecified atom stereocenters. The Hall–Kier alpha value is -2.18. The molecule has 0 N–H and O–H groups in total. The maximum absolute atomic E-state index is 13.2. The van der Waals surface area contributed by atoms with Gasteiger partial charge in [0.25, 0.3) is 0 Å². The van der Waals surface area contributed by atoms with Gasteiger partial charge in [-0.1, -0.05) is 20.8 Å². The normalized spacial score (nSPS) is 22.3. The van der Waals surface area contributed by atoms with Crippen molar-refractivity contribution in [2.24, 2.45) is 16.3 Å². The lowest BCUT2D eigenvalue weighted by atomic mass is 9.67. The van der Waals surface area contributed by atoms with Crippen LogP contribution in [-0.4, -0.2) is 67.4 Å². The van der Waals surface area contributed by atoms with Crippen molar-refractivity contribution in [3.05, 3.63) is 11.4 Å². The van der Waals surface area contributed by atoms with Crippen LogP contribution in [0.3, 0.4) is 0 Å². The number of hydrogen-bond acceptors (Lipinski definition) is 5. The Kier molecular flexibility index (Phi) is 5.79. The second-order valence-corrected chi connectivity index (χ2v) is 9.63. The van der Waals surface area contributed by atoms with Crippen LogP contribution in [0.1, 0.15) is 57.2 Å². The van der Waals surface area contributed by atoms with Gasteiger partial charge in [-0.3, -0.25) is 4.79 Å². The summed E-state index contributed by atoms with van der Waals surface area (Å²) in [7, 11) is 9.59. The van der Waals surface area contributed by atoms with Crippen molar-refractivity contribution in [2.75, 3.05) is 45.0 Å². The van der Waals surface area contributed by atoms with Crippen molar-refractivity contribution in [1.82, 2.24) is 14.9 Å². The fourth-order valence-corrected chi connectivity index (χ4v) is 4.05. The molecule has 0 radical (unpaired) electrons. The van der Waals surface area contributed by atoms with E-state index in [1.165, 1.54) is 0 Å². The summed E-state index contributed by atoms with van der Waals surface area (Å²) in [5.41, 5.74) is 0.985. The Bertz CT molecular complexity index is 772. The maximum atomic E-state index is 13.2. The quantitative estimate of drug-likeness (QED) is 0.792. The van der Waals surface area contributed by atoms with Crippen LogP contribution < -0.4 is 9.80 Å². The van der Waals surface area contributed by atoms with Crippen LogP contribution in [0, 0.1) is 18.3 Å². The number of piperidine rings is 1. The van der Waals surface area contributed by atoms with E-state index < -0.39 is 0 Å². The molecule has 1 fully saturated rings. The molecule has 1 aromatic rings. The molecular formula is C21H36N6O. The third-order valence-corrected chi connectivity index (χ3v) is 5.99. The predicted molar refractivity (Wildman–Crippen MR) is 117 cm³/mol. The summed E-state index contributed by atoms with van der Waals surface area (Å²) in [4.78, 5) is 32.9. The van der Waals surface area contributed by atoms with Crippen molar-refractivity contribution in [2.45, 2.75) is 53.5 Å². The monoisotopic (exact) mass is 388 g/mol. The number of nitrogens with zero attached hydrogens (tertiary/aromatic N) is 6. The van der Waals surface area contributed by atoms with Gasteiger partial charge in [0, 0.05) is 46.7 Å². The highest BCUT2D eigenvalue weighted by Gasteiger charge is 2.45. The summed E-state index contributed by atoms with van der Waals surface area (Å²) in [6.45, 7) is 12.9. The van der Waals surface area contributed by atoms with E-state index in [4.69, 9.17) is 0 Å². The molecule has 1 amide bonds. The van der Waals surface area contributed by atoms with Gasteiger partial charge < -0.3 is 14.7 Å². The summed E-state index contributed by atoms with van der Waals surface area (Å²) in [5, 5.41) is 0. The smallest absolute Gasteiger partial charge is 0.301 e. The Morgan fingerprint density at radius 3 is 2.11 bits per heavy atom. The van der Waals surface area contributed by atoms with Crippen LogP contribution in [0.15, 0.2) is 4.99 Å². The lowest BCUT2D eigenvalue weighted by molar-refractivity contribution is 0.0826. The van der Waals surface area contributed by atoms with Crippen LogP contribution in [-0.2, 0) is 0 Å². The average molecular weight is 389 g/mol. The van der Waals surface area contributed by atoms with E-state index >= 15 is 0 Å². The molecule has 1 aromatic heterocycles. The highest BCUT2D eigenvalue weighted by Crippen LogP contribution is 2.44. The molecule has 0 saturated carbocycles. The first-order valence-corrected chi connectivity index (χ1v) is 9.79. The summed E-state index contributed by atoms with van der Waals surface area (Å²) >= 11 is 0. The molecule has 1 atom stereocenters. The van der Waals surface area contributed by atoms with E-state index in [1.807, 2.05) is 52.0 Å². The predicted octanol–water partition coefficient (Wildman–Crippen LogP) is 3.23. The zero-order chi connectivity index (χ0) is 21.6. The standard InChI is InChI=1S/C21H36N6O/c1-13-16(27(11)21(5,6)12-20(13,3)4)24-19(28)15-18(26(9)10)23-17(25(7)8)14(2)22-15/h13H,12H2,1-11H3. The van der Waals surface area contributed by atoms with Crippen molar-refractivity contribution in [3.63, 3.8) is 0 Å². The summed E-state index contributed by atoms with van der Waals surface area (Å²) < 4.78 is 0. The van der Waals surface area contributed by atoms with Gasteiger partial charge in [-0.2, -0.15) is 4.99 Å². The second kappa shape index (κ2) is 7.33. The summed E-state index contributed by atoms with van der Waals surface area (Å²) in [6, 6.07) is 0. The molecule has 7 heteroatoms. The fraction of sp³-hybridized carbons (Fsp3) is 0.714. The van der Waals surface area contributed by atoms with E-state index in [-0.39, 0.29) is 22.8 Å². The van der Waals surface area contributed by atoms with Gasteiger partial charge in [-0.25, -0.2) is 9.97 Å². The number of rotatable bonds is 3. The molecule has 156 valence electrons. The third-order valence-electron chi connectivity index (χ3n) is 5.99. The van der Waals surface area contributed by atoms with E-state index in [1.54, 1.807) is 0 Å². The van der Waals surface area contributed by atoms with Gasteiger partial charge >= 0.3 is 5.91 Å². The van der Waals surface area contributed by atoms with Crippen LogP contribution >= 0.6 is 0 Å². The number of carbonyl (C=O) groups excluding carboxylic acids is 1. The number of amides is 1. The molecule has 1 saturated heterocycles. The van der Waals surface area contributed by atoms with Crippen LogP contribution in [0.2, 0.25) is 0 Å². The van der Waals surface area contributed by atoms with Crippen molar-refractivity contribution < 1.29 is 4.79 Å². The molecule has 0 aromatic carbocycles. The van der Waals surface area contributed by atoms with Crippen LogP contribution in [0.25, 0.3) is 0 Å². The van der Waals surface area contributed by atoms with Crippen molar-refractivity contribution in [1.29, 1.82) is 0 Å². The van der Waals surface area contributed by atoms with Crippen LogP contribution in [0.4, 0.5) is 11.6 Å². The lowest BCUT2D eigenvalue weighted by Crippen LogP contribution is -2.57. The molecule has 0 bridgehead atoms. The van der Waals surface area contributed by atoms with Crippen molar-refractivity contribution >= 4 is 23.4 Å². The number of likely N-dealkylation sites (tertiary alicyclic amines) is 1. The SMILES string of the molecule is Cc1nc(C(=O)N=C2C(C)C(C)(C)CC(C)(C)N2C)c(N(C)C)nc1N(C)C. The molecule has 0 spiro atoms. The summed E-state index contributed by atoms with van der Waals surface area (Å²) in [5.74, 6) is 1.91. The first kappa shape index (κ1) is 22.1. The first-order chi connectivity index (χ1) is 12.7. The zero-order valence-electron chi connectivity index (χ0n) is 19.4. The first-order valence-electron chi connectivity index (χ1n) is 9.79. The average Bonchev–Trinajstić information content (AvgIpc) is 2.55. The third kappa shape index (κ3) is 3.98. The van der Waals surface area contributed by atoms with Gasteiger partial charge in [0.15, 0.2) is 17.3 Å². The Morgan fingerprint density at radius 2 is 1.61 bits per heavy atom. The molecule has 7 nitrogen and oxygen atoms in total. The van der Waals surface area contributed by atoms with E-state index in [2.05, 4.69) is 54.5 Å². The Morgan fingerprint density at radius 1 is 1.07 bits per heavy atom. The number of aryl methyl sites for hydroxylation is 1. The highest BCUT2D eigenvalue weighted by molar-refractivity contribution is 6.05. The number of anilines is 2. The highest BCUT2D eigenvalue weighted by atomic mass is 16.1. The zero-order valence-corrected chi connectivity index (χ0v) is 19.4. The summed E-state index contributed by atoms with van der Waals surface area (Å²) in [6.07, 6.45) is 1.03. The van der Waals surface area contributed by atoms with Crippen LogP contribution in [0.5, 0.6) is 0 Å². The number of aliphatic imine (C=N–C) groups is 1. The Labute approximate surface area is 169 Å². The molecular weight excluding hydrogens is 352 g/mol. The molecule has 28 heavy (non-hydrogen) atoms. The van der Waals surface area contributed by atoms with E-state index in [9.17, 15) is 4.79 Å². The molecule has 1 aliphatic heterocycles. The number of aromatic nitrogens is 2. The van der Waals surface area contributed by atoms with E-state index in [0.29, 0.717) is 17.2 Å². The van der Waals surface area contributed by atoms with Gasteiger partial charge in [-0.05, 0) is 32.6 Å². The molecule has 2 rings (SSSR count). The second-order valence-electron chi connectivity index (χ2n) is 9.63. The van der Waals surface area contributed by atoms with Gasteiger partial charge in [0.05, 0.1) is 5.69 Å². The minimum absolute atomic E-state index is 0.0515.